The fraction of sp³-hybridized carbons (Fsp3) is 0.846. The van der Waals surface area contributed by atoms with Gasteiger partial charge in [0, 0.05) is 25.2 Å². The van der Waals surface area contributed by atoms with E-state index in [9.17, 15) is 4.79 Å². The van der Waals surface area contributed by atoms with Gasteiger partial charge in [-0.25, -0.2) is 4.79 Å². The van der Waals surface area contributed by atoms with Crippen molar-refractivity contribution < 1.29 is 4.79 Å². The molecule has 0 aromatic carbocycles. The van der Waals surface area contributed by atoms with Crippen LogP contribution >= 0.6 is 0 Å². The summed E-state index contributed by atoms with van der Waals surface area (Å²) in [5.41, 5.74) is 5.39. The van der Waals surface area contributed by atoms with Gasteiger partial charge in [0.05, 0.1) is 6.54 Å². The van der Waals surface area contributed by atoms with Crippen LogP contribution in [0.2, 0.25) is 0 Å². The van der Waals surface area contributed by atoms with Crippen LogP contribution in [-0.2, 0) is 0 Å². The molecule has 0 spiro atoms. The summed E-state index contributed by atoms with van der Waals surface area (Å²) in [6, 6.07) is 0.610. The first-order valence-electron chi connectivity index (χ1n) is 7.26. The first-order valence-corrected chi connectivity index (χ1v) is 7.26. The highest BCUT2D eigenvalue weighted by Gasteiger charge is 2.22. The Labute approximate surface area is 114 Å². The van der Waals surface area contributed by atoms with Crippen LogP contribution in [0.15, 0.2) is 0 Å². The van der Waals surface area contributed by atoms with Gasteiger partial charge in [0.15, 0.2) is 0 Å². The van der Waals surface area contributed by atoms with Crippen molar-refractivity contribution in [3.05, 3.63) is 0 Å². The zero-order chi connectivity index (χ0) is 13.7. The number of likely N-dealkylation sites (tertiary alicyclic amines) is 1. The number of nitrogens with two attached hydrogens (primary N) is 1. The Morgan fingerprint density at radius 3 is 2.16 bits per heavy atom. The monoisotopic (exact) mass is 267 g/mol. The lowest BCUT2D eigenvalue weighted by Crippen LogP contribution is -2.50. The molecule has 2 fully saturated rings. The molecule has 108 valence electrons. The van der Waals surface area contributed by atoms with E-state index in [1.807, 2.05) is 0 Å². The lowest BCUT2D eigenvalue weighted by molar-refractivity contribution is 0.205. The average molecular weight is 267 g/mol. The molecule has 2 aliphatic rings. The third kappa shape index (κ3) is 4.70. The summed E-state index contributed by atoms with van der Waals surface area (Å²) in [7, 11) is 0. The van der Waals surface area contributed by atoms with E-state index in [2.05, 4.69) is 15.5 Å². The Morgan fingerprint density at radius 2 is 1.63 bits per heavy atom. The summed E-state index contributed by atoms with van der Waals surface area (Å²) in [5, 5.41) is 13.4. The zero-order valence-corrected chi connectivity index (χ0v) is 11.5. The predicted octanol–water partition coefficient (Wildman–Crippen LogP) is 0.629. The summed E-state index contributed by atoms with van der Waals surface area (Å²) < 4.78 is 0. The van der Waals surface area contributed by atoms with Gasteiger partial charge in [0.1, 0.15) is 5.84 Å². The van der Waals surface area contributed by atoms with E-state index in [1.54, 1.807) is 0 Å². The number of urea groups is 1. The van der Waals surface area contributed by atoms with Crippen LogP contribution in [0.4, 0.5) is 4.79 Å². The van der Waals surface area contributed by atoms with Gasteiger partial charge in [-0.05, 0) is 25.7 Å². The first-order chi connectivity index (χ1) is 9.13. The summed E-state index contributed by atoms with van der Waals surface area (Å²) in [6.45, 7) is 2.34. The van der Waals surface area contributed by atoms with Crippen molar-refractivity contribution in [2.75, 3.05) is 19.6 Å². The van der Waals surface area contributed by atoms with E-state index in [-0.39, 0.29) is 17.9 Å². The number of nitrogens with zero attached hydrogens (tertiary/aromatic N) is 1. The van der Waals surface area contributed by atoms with Crippen molar-refractivity contribution in [2.24, 2.45) is 5.73 Å². The molecule has 0 unspecified atom stereocenters. The fourth-order valence-corrected chi connectivity index (χ4v) is 2.96. The molecule has 0 atom stereocenters. The molecule has 0 aromatic rings. The topological polar surface area (TPSA) is 94.2 Å². The maximum Gasteiger partial charge on any atom is 0.315 e. The Morgan fingerprint density at radius 1 is 1.11 bits per heavy atom. The highest BCUT2D eigenvalue weighted by Crippen LogP contribution is 2.17. The van der Waals surface area contributed by atoms with Crippen molar-refractivity contribution in [3.63, 3.8) is 0 Å². The summed E-state index contributed by atoms with van der Waals surface area (Å²) >= 11 is 0. The van der Waals surface area contributed by atoms with E-state index in [0.717, 1.165) is 38.8 Å². The van der Waals surface area contributed by atoms with Crippen LogP contribution in [-0.4, -0.2) is 48.5 Å². The van der Waals surface area contributed by atoms with Gasteiger partial charge in [-0.3, -0.25) is 10.3 Å². The maximum atomic E-state index is 11.8. The molecule has 1 aliphatic heterocycles. The molecule has 0 radical (unpaired) electrons. The molecule has 6 heteroatoms. The second-order valence-corrected chi connectivity index (χ2v) is 5.67. The molecule has 1 saturated carbocycles. The second kappa shape index (κ2) is 6.75. The second-order valence-electron chi connectivity index (χ2n) is 5.67. The average Bonchev–Trinajstić information content (AvgIpc) is 2.83. The molecule has 6 nitrogen and oxygen atoms in total. The van der Waals surface area contributed by atoms with E-state index in [4.69, 9.17) is 11.1 Å². The van der Waals surface area contributed by atoms with Gasteiger partial charge in [-0.2, -0.15) is 0 Å². The molecule has 2 rings (SSSR count). The van der Waals surface area contributed by atoms with E-state index >= 15 is 0 Å². The Kier molecular flexibility index (Phi) is 5.01. The quantitative estimate of drug-likeness (QED) is 0.444. The van der Waals surface area contributed by atoms with Gasteiger partial charge < -0.3 is 16.4 Å². The molecule has 1 heterocycles. The van der Waals surface area contributed by atoms with Gasteiger partial charge in [-0.1, -0.05) is 12.8 Å². The first kappa shape index (κ1) is 14.1. The number of hydrogen-bond donors (Lipinski definition) is 4. The number of amides is 2. The summed E-state index contributed by atoms with van der Waals surface area (Å²) in [6.07, 6.45) is 6.56. The van der Waals surface area contributed by atoms with Gasteiger partial charge >= 0.3 is 6.03 Å². The molecular weight excluding hydrogens is 242 g/mol. The number of carbonyl (C=O) groups excluding carboxylic acids is 1. The van der Waals surface area contributed by atoms with Crippen LogP contribution in [0.5, 0.6) is 0 Å². The standard InChI is InChI=1S/C13H25N5O/c14-12(15)9-18-7-5-11(6-8-18)17-13(19)16-10-3-1-2-4-10/h10-11H,1-9H2,(H3,14,15)(H2,16,17,19). The number of rotatable bonds is 4. The molecular formula is C13H25N5O. The van der Waals surface area contributed by atoms with Gasteiger partial charge in [-0.15, -0.1) is 0 Å². The molecule has 0 aromatic heterocycles. The Hall–Kier alpha value is -1.30. The smallest absolute Gasteiger partial charge is 0.315 e. The van der Waals surface area contributed by atoms with Crippen LogP contribution in [0.3, 0.4) is 0 Å². The lowest BCUT2D eigenvalue weighted by atomic mass is 10.1. The third-order valence-corrected chi connectivity index (χ3v) is 4.01. The van der Waals surface area contributed by atoms with Crippen molar-refractivity contribution in [1.29, 1.82) is 5.41 Å². The molecule has 1 saturated heterocycles. The van der Waals surface area contributed by atoms with Crippen molar-refractivity contribution >= 4 is 11.9 Å². The van der Waals surface area contributed by atoms with Crippen molar-refractivity contribution in [3.8, 4) is 0 Å². The molecule has 2 amide bonds. The number of nitrogens with one attached hydrogen (secondary N) is 3. The number of hydrogen-bond acceptors (Lipinski definition) is 3. The highest BCUT2D eigenvalue weighted by molar-refractivity contribution is 5.79. The van der Waals surface area contributed by atoms with E-state index in [0.29, 0.717) is 12.6 Å². The maximum absolute atomic E-state index is 11.8. The normalized spacial score (nSPS) is 22.3. The number of piperidine rings is 1. The van der Waals surface area contributed by atoms with Crippen molar-refractivity contribution in [1.82, 2.24) is 15.5 Å². The predicted molar refractivity (Wildman–Crippen MR) is 75.3 cm³/mol. The van der Waals surface area contributed by atoms with Crippen LogP contribution in [0, 0.1) is 5.41 Å². The zero-order valence-electron chi connectivity index (χ0n) is 11.5. The minimum Gasteiger partial charge on any atom is -0.387 e. The number of amidine groups is 1. The van der Waals surface area contributed by atoms with Crippen LogP contribution in [0.1, 0.15) is 38.5 Å². The van der Waals surface area contributed by atoms with E-state index < -0.39 is 0 Å². The molecule has 1 aliphatic carbocycles. The Bertz CT molecular complexity index is 319. The number of carbonyl (C=O) groups is 1. The van der Waals surface area contributed by atoms with Gasteiger partial charge in [0.2, 0.25) is 0 Å². The molecule has 19 heavy (non-hydrogen) atoms. The highest BCUT2D eigenvalue weighted by atomic mass is 16.2. The largest absolute Gasteiger partial charge is 0.387 e. The SMILES string of the molecule is N=C(N)CN1CCC(NC(=O)NC2CCCC2)CC1. The summed E-state index contributed by atoms with van der Waals surface area (Å²) in [4.78, 5) is 14.0. The Balaban J connectivity index is 1.64. The fourth-order valence-electron chi connectivity index (χ4n) is 2.96. The minimum absolute atomic E-state index is 0.0167. The lowest BCUT2D eigenvalue weighted by Gasteiger charge is -2.32. The van der Waals surface area contributed by atoms with Crippen LogP contribution in [0.25, 0.3) is 0 Å². The van der Waals surface area contributed by atoms with Crippen LogP contribution < -0.4 is 16.4 Å². The minimum atomic E-state index is -0.0167. The molecule has 0 bridgehead atoms. The molecule has 5 N–H and O–H groups in total. The van der Waals surface area contributed by atoms with Gasteiger partial charge in [0.25, 0.3) is 0 Å². The van der Waals surface area contributed by atoms with Crippen molar-refractivity contribution in [2.45, 2.75) is 50.6 Å². The summed E-state index contributed by atoms with van der Waals surface area (Å²) in [5.74, 6) is 0.213. The van der Waals surface area contributed by atoms with E-state index in [1.165, 1.54) is 12.8 Å². The third-order valence-electron chi connectivity index (χ3n) is 4.01.